The molecule has 0 radical (unpaired) electrons. The molecule has 12 heavy (non-hydrogen) atoms. The fourth-order valence-corrected chi connectivity index (χ4v) is 2.25. The number of rotatable bonds is 3. The minimum atomic E-state index is -0.588. The average molecular weight is 204 g/mol. The van der Waals surface area contributed by atoms with E-state index < -0.39 is 6.10 Å². The predicted molar refractivity (Wildman–Crippen MR) is 49.8 cm³/mol. The van der Waals surface area contributed by atoms with Crippen molar-refractivity contribution in [3.05, 3.63) is 16.1 Å². The quantitative estimate of drug-likeness (QED) is 0.765. The van der Waals surface area contributed by atoms with Gasteiger partial charge in [0.15, 0.2) is 0 Å². The van der Waals surface area contributed by atoms with Crippen LogP contribution in [0.3, 0.4) is 0 Å². The van der Waals surface area contributed by atoms with E-state index in [1.54, 1.807) is 11.3 Å². The van der Waals surface area contributed by atoms with Gasteiger partial charge in [0, 0.05) is 11.3 Å². The summed E-state index contributed by atoms with van der Waals surface area (Å²) in [6.07, 6.45) is 1.92. The van der Waals surface area contributed by atoms with E-state index in [0.29, 0.717) is 5.92 Å². The SMILES string of the molecule is OC(CCl)c1csc(C2CC2)n1. The fraction of sp³-hybridized carbons (Fsp3) is 0.625. The lowest BCUT2D eigenvalue weighted by Gasteiger charge is -1.99. The van der Waals surface area contributed by atoms with Crippen LogP contribution in [-0.2, 0) is 0 Å². The van der Waals surface area contributed by atoms with E-state index in [0.717, 1.165) is 10.7 Å². The van der Waals surface area contributed by atoms with Crippen LogP contribution in [0.15, 0.2) is 5.38 Å². The summed E-state index contributed by atoms with van der Waals surface area (Å²) in [7, 11) is 0. The zero-order valence-corrected chi connectivity index (χ0v) is 8.11. The smallest absolute Gasteiger partial charge is 0.110 e. The monoisotopic (exact) mass is 203 g/mol. The highest BCUT2D eigenvalue weighted by Crippen LogP contribution is 2.41. The van der Waals surface area contributed by atoms with E-state index >= 15 is 0 Å². The van der Waals surface area contributed by atoms with Gasteiger partial charge in [-0.2, -0.15) is 0 Å². The molecule has 1 aliphatic rings. The summed E-state index contributed by atoms with van der Waals surface area (Å²) in [5, 5.41) is 12.4. The Labute approximate surface area is 80.2 Å². The number of aliphatic hydroxyl groups is 1. The van der Waals surface area contributed by atoms with Gasteiger partial charge in [-0.25, -0.2) is 4.98 Å². The molecule has 2 nitrogen and oxygen atoms in total. The molecule has 2 rings (SSSR count). The van der Waals surface area contributed by atoms with Gasteiger partial charge in [0.1, 0.15) is 6.10 Å². The van der Waals surface area contributed by atoms with Gasteiger partial charge in [0.05, 0.1) is 16.6 Å². The van der Waals surface area contributed by atoms with Gasteiger partial charge >= 0.3 is 0 Å². The van der Waals surface area contributed by atoms with Crippen LogP contribution >= 0.6 is 22.9 Å². The Morgan fingerprint density at radius 2 is 2.50 bits per heavy atom. The van der Waals surface area contributed by atoms with E-state index in [1.807, 2.05) is 5.38 Å². The van der Waals surface area contributed by atoms with Crippen LogP contribution in [0.2, 0.25) is 0 Å². The third-order valence-corrected chi connectivity index (χ3v) is 3.27. The summed E-state index contributed by atoms with van der Waals surface area (Å²) in [5.74, 6) is 0.902. The van der Waals surface area contributed by atoms with Crippen LogP contribution < -0.4 is 0 Å². The standard InChI is InChI=1S/C8H10ClNOS/c9-3-7(11)6-4-12-8(10-6)5-1-2-5/h4-5,7,11H,1-3H2. The maximum atomic E-state index is 9.36. The second-order valence-electron chi connectivity index (χ2n) is 3.05. The molecule has 1 heterocycles. The summed E-state index contributed by atoms with van der Waals surface area (Å²) in [6.45, 7) is 0. The van der Waals surface area contributed by atoms with E-state index in [-0.39, 0.29) is 5.88 Å². The molecule has 1 N–H and O–H groups in total. The van der Waals surface area contributed by atoms with E-state index in [9.17, 15) is 5.11 Å². The van der Waals surface area contributed by atoms with E-state index in [2.05, 4.69) is 4.98 Å². The number of alkyl halides is 1. The highest BCUT2D eigenvalue weighted by molar-refractivity contribution is 7.09. The van der Waals surface area contributed by atoms with Crippen molar-refractivity contribution in [3.8, 4) is 0 Å². The molecular formula is C8H10ClNOS. The molecular weight excluding hydrogens is 194 g/mol. The van der Waals surface area contributed by atoms with Crippen molar-refractivity contribution in [2.45, 2.75) is 24.9 Å². The van der Waals surface area contributed by atoms with Crippen molar-refractivity contribution in [2.75, 3.05) is 5.88 Å². The molecule has 0 amide bonds. The Morgan fingerprint density at radius 3 is 3.08 bits per heavy atom. The Morgan fingerprint density at radius 1 is 1.75 bits per heavy atom. The zero-order chi connectivity index (χ0) is 8.55. The van der Waals surface area contributed by atoms with Crippen LogP contribution in [0.25, 0.3) is 0 Å². The normalized spacial score (nSPS) is 19.5. The first-order valence-corrected chi connectivity index (χ1v) is 5.42. The Kier molecular flexibility index (Phi) is 2.35. The third kappa shape index (κ3) is 1.63. The van der Waals surface area contributed by atoms with Gasteiger partial charge < -0.3 is 5.11 Å². The number of hydrogen-bond donors (Lipinski definition) is 1. The van der Waals surface area contributed by atoms with E-state index in [4.69, 9.17) is 11.6 Å². The average Bonchev–Trinajstić information content (AvgIpc) is 2.83. The first-order chi connectivity index (χ1) is 5.81. The Bertz CT molecular complexity index is 272. The summed E-state index contributed by atoms with van der Waals surface area (Å²) in [5.41, 5.74) is 0.733. The number of nitrogens with zero attached hydrogens (tertiary/aromatic N) is 1. The molecule has 1 saturated carbocycles. The molecule has 4 heteroatoms. The number of aromatic nitrogens is 1. The number of thiazole rings is 1. The van der Waals surface area contributed by atoms with Crippen LogP contribution in [0, 0.1) is 0 Å². The Hall–Kier alpha value is -0.120. The van der Waals surface area contributed by atoms with Gasteiger partial charge in [0.2, 0.25) is 0 Å². The molecule has 1 aromatic rings. The lowest BCUT2D eigenvalue weighted by atomic mass is 10.3. The third-order valence-electron chi connectivity index (χ3n) is 1.95. The summed E-state index contributed by atoms with van der Waals surface area (Å²) in [6, 6.07) is 0. The molecule has 0 aliphatic heterocycles. The summed E-state index contributed by atoms with van der Waals surface area (Å²) >= 11 is 7.14. The van der Waals surface area contributed by atoms with Crippen molar-refractivity contribution < 1.29 is 5.11 Å². The van der Waals surface area contributed by atoms with Gasteiger partial charge in [-0.05, 0) is 12.8 Å². The van der Waals surface area contributed by atoms with Gasteiger partial charge in [-0.15, -0.1) is 22.9 Å². The molecule has 1 aromatic heterocycles. The lowest BCUT2D eigenvalue weighted by Crippen LogP contribution is -1.98. The molecule has 0 bridgehead atoms. The van der Waals surface area contributed by atoms with Crippen molar-refractivity contribution in [1.82, 2.24) is 4.98 Å². The van der Waals surface area contributed by atoms with Crippen molar-refractivity contribution in [2.24, 2.45) is 0 Å². The molecule has 0 aromatic carbocycles. The highest BCUT2D eigenvalue weighted by atomic mass is 35.5. The van der Waals surface area contributed by atoms with Crippen LogP contribution in [0.1, 0.15) is 35.6 Å². The molecule has 1 atom stereocenters. The van der Waals surface area contributed by atoms with E-state index in [1.165, 1.54) is 12.8 Å². The van der Waals surface area contributed by atoms with Crippen LogP contribution in [0.4, 0.5) is 0 Å². The predicted octanol–water partition coefficient (Wildman–Crippen LogP) is 2.29. The Balaban J connectivity index is 2.12. The zero-order valence-electron chi connectivity index (χ0n) is 6.53. The van der Waals surface area contributed by atoms with Crippen molar-refractivity contribution in [1.29, 1.82) is 0 Å². The largest absolute Gasteiger partial charge is 0.386 e. The molecule has 1 aliphatic carbocycles. The minimum absolute atomic E-state index is 0.230. The van der Waals surface area contributed by atoms with Gasteiger partial charge in [-0.1, -0.05) is 0 Å². The second kappa shape index (κ2) is 3.32. The summed E-state index contributed by atoms with van der Waals surface area (Å²) in [4.78, 5) is 4.33. The number of aliphatic hydroxyl groups excluding tert-OH is 1. The molecule has 1 unspecified atom stereocenters. The second-order valence-corrected chi connectivity index (χ2v) is 4.25. The van der Waals surface area contributed by atoms with Gasteiger partial charge in [0.25, 0.3) is 0 Å². The summed E-state index contributed by atoms with van der Waals surface area (Å²) < 4.78 is 0. The molecule has 66 valence electrons. The highest BCUT2D eigenvalue weighted by Gasteiger charge is 2.27. The van der Waals surface area contributed by atoms with Gasteiger partial charge in [-0.3, -0.25) is 0 Å². The molecule has 0 saturated heterocycles. The van der Waals surface area contributed by atoms with Crippen molar-refractivity contribution >= 4 is 22.9 Å². The molecule has 0 spiro atoms. The first-order valence-electron chi connectivity index (χ1n) is 4.00. The van der Waals surface area contributed by atoms with Crippen LogP contribution in [-0.4, -0.2) is 16.0 Å². The number of halogens is 1. The minimum Gasteiger partial charge on any atom is -0.386 e. The maximum Gasteiger partial charge on any atom is 0.110 e. The fourth-order valence-electron chi connectivity index (χ4n) is 1.05. The number of hydrogen-bond acceptors (Lipinski definition) is 3. The van der Waals surface area contributed by atoms with Crippen molar-refractivity contribution in [3.63, 3.8) is 0 Å². The topological polar surface area (TPSA) is 33.1 Å². The maximum absolute atomic E-state index is 9.36. The lowest BCUT2D eigenvalue weighted by molar-refractivity contribution is 0.198. The first kappa shape index (κ1) is 8.48. The molecule has 1 fully saturated rings. The van der Waals surface area contributed by atoms with Crippen LogP contribution in [0.5, 0.6) is 0 Å².